The van der Waals surface area contributed by atoms with E-state index >= 15 is 0 Å². The number of carbonyl (C=O) groups excluding carboxylic acids is 1. The van der Waals surface area contributed by atoms with Crippen LogP contribution in [-0.2, 0) is 4.79 Å². The molecule has 1 aliphatic carbocycles. The summed E-state index contributed by atoms with van der Waals surface area (Å²) in [6.45, 7) is 0. The number of aliphatic carboxylic acids is 1. The number of fused-ring (bicyclic) bond motifs is 2. The maximum Gasteiger partial charge on any atom is 0.318 e. The standard InChI is InChI=1S/C16H24N2O3/c19-15(20)10-11-8-13-6-7-14(9-11)18(13)16(21)17-12-4-2-1-3-5-12/h1-2,11-14H,3-10H2,(H,17,21)(H,19,20). The van der Waals surface area contributed by atoms with Crippen molar-refractivity contribution in [3.63, 3.8) is 0 Å². The normalized spacial score (nSPS) is 34.8. The summed E-state index contributed by atoms with van der Waals surface area (Å²) in [5, 5.41) is 12.1. The highest BCUT2D eigenvalue weighted by Gasteiger charge is 2.43. The first-order chi connectivity index (χ1) is 10.1. The summed E-state index contributed by atoms with van der Waals surface area (Å²) in [6.07, 6.45) is 11.3. The fourth-order valence-electron chi connectivity index (χ4n) is 4.21. The van der Waals surface area contributed by atoms with Crippen LogP contribution in [-0.4, -0.2) is 40.1 Å². The molecular weight excluding hydrogens is 268 g/mol. The molecule has 3 unspecified atom stereocenters. The third-order valence-corrected chi connectivity index (χ3v) is 5.13. The lowest BCUT2D eigenvalue weighted by atomic mass is 9.88. The molecule has 2 bridgehead atoms. The molecule has 0 spiro atoms. The van der Waals surface area contributed by atoms with Gasteiger partial charge >= 0.3 is 12.0 Å². The van der Waals surface area contributed by atoms with E-state index < -0.39 is 5.97 Å². The lowest BCUT2D eigenvalue weighted by Crippen LogP contribution is -2.53. The van der Waals surface area contributed by atoms with E-state index in [9.17, 15) is 9.59 Å². The molecule has 0 saturated carbocycles. The van der Waals surface area contributed by atoms with Crippen LogP contribution >= 0.6 is 0 Å². The Morgan fingerprint density at radius 2 is 1.86 bits per heavy atom. The number of rotatable bonds is 3. The van der Waals surface area contributed by atoms with Gasteiger partial charge in [0.05, 0.1) is 0 Å². The molecule has 3 rings (SSSR count). The van der Waals surface area contributed by atoms with E-state index in [0.29, 0.717) is 0 Å². The van der Waals surface area contributed by atoms with Gasteiger partial charge in [-0.05, 0) is 50.9 Å². The fraction of sp³-hybridized carbons (Fsp3) is 0.750. The van der Waals surface area contributed by atoms with Crippen molar-refractivity contribution < 1.29 is 14.7 Å². The highest BCUT2D eigenvalue weighted by atomic mass is 16.4. The number of urea groups is 1. The maximum atomic E-state index is 12.5. The predicted octanol–water partition coefficient (Wildman–Crippen LogP) is 2.52. The van der Waals surface area contributed by atoms with E-state index in [2.05, 4.69) is 17.5 Å². The van der Waals surface area contributed by atoms with Gasteiger partial charge in [0, 0.05) is 24.5 Å². The second-order valence-corrected chi connectivity index (χ2v) is 6.66. The van der Waals surface area contributed by atoms with E-state index in [-0.39, 0.29) is 36.5 Å². The lowest BCUT2D eigenvalue weighted by Gasteiger charge is -2.39. The van der Waals surface area contributed by atoms with Crippen LogP contribution in [0, 0.1) is 5.92 Å². The number of piperidine rings is 1. The molecule has 0 radical (unpaired) electrons. The number of allylic oxidation sites excluding steroid dienone is 1. The van der Waals surface area contributed by atoms with Crippen molar-refractivity contribution in [1.29, 1.82) is 0 Å². The zero-order valence-corrected chi connectivity index (χ0v) is 12.3. The first-order valence-electron chi connectivity index (χ1n) is 8.09. The van der Waals surface area contributed by atoms with Gasteiger partial charge < -0.3 is 15.3 Å². The summed E-state index contributed by atoms with van der Waals surface area (Å²) in [5.41, 5.74) is 0. The molecule has 0 aromatic carbocycles. The molecule has 2 fully saturated rings. The summed E-state index contributed by atoms with van der Waals surface area (Å²) in [4.78, 5) is 25.4. The summed E-state index contributed by atoms with van der Waals surface area (Å²) in [5.74, 6) is -0.479. The minimum atomic E-state index is -0.716. The van der Waals surface area contributed by atoms with Gasteiger partial charge in [0.25, 0.3) is 0 Å². The summed E-state index contributed by atoms with van der Waals surface area (Å²) < 4.78 is 0. The van der Waals surface area contributed by atoms with Crippen LogP contribution in [0.15, 0.2) is 12.2 Å². The smallest absolute Gasteiger partial charge is 0.318 e. The average molecular weight is 292 g/mol. The monoisotopic (exact) mass is 292 g/mol. The minimum Gasteiger partial charge on any atom is -0.481 e. The van der Waals surface area contributed by atoms with Gasteiger partial charge in [-0.25, -0.2) is 4.79 Å². The molecule has 2 saturated heterocycles. The molecule has 0 aromatic heterocycles. The van der Waals surface area contributed by atoms with Crippen molar-refractivity contribution in [3.05, 3.63) is 12.2 Å². The van der Waals surface area contributed by atoms with Crippen molar-refractivity contribution in [2.75, 3.05) is 0 Å². The first kappa shape index (κ1) is 14.4. The van der Waals surface area contributed by atoms with Crippen molar-refractivity contribution >= 4 is 12.0 Å². The number of carboxylic acid groups (broad SMARTS) is 1. The molecular formula is C16H24N2O3. The van der Waals surface area contributed by atoms with Crippen LogP contribution in [0.5, 0.6) is 0 Å². The van der Waals surface area contributed by atoms with E-state index in [4.69, 9.17) is 5.11 Å². The second-order valence-electron chi connectivity index (χ2n) is 6.66. The van der Waals surface area contributed by atoms with E-state index in [1.165, 1.54) is 0 Å². The molecule has 5 heteroatoms. The van der Waals surface area contributed by atoms with Crippen LogP contribution in [0.1, 0.15) is 51.4 Å². The average Bonchev–Trinajstić information content (AvgIpc) is 2.71. The van der Waals surface area contributed by atoms with Gasteiger partial charge in [-0.1, -0.05) is 12.2 Å². The zero-order valence-electron chi connectivity index (χ0n) is 12.3. The fourth-order valence-corrected chi connectivity index (χ4v) is 4.21. The largest absolute Gasteiger partial charge is 0.481 e. The minimum absolute atomic E-state index is 0.0663. The third-order valence-electron chi connectivity index (χ3n) is 5.13. The topological polar surface area (TPSA) is 69.6 Å². The number of amides is 2. The number of hydrogen-bond acceptors (Lipinski definition) is 2. The number of nitrogens with one attached hydrogen (secondary N) is 1. The summed E-state index contributed by atoms with van der Waals surface area (Å²) >= 11 is 0. The third kappa shape index (κ3) is 3.22. The maximum absolute atomic E-state index is 12.5. The van der Waals surface area contributed by atoms with Crippen LogP contribution in [0.2, 0.25) is 0 Å². The van der Waals surface area contributed by atoms with E-state index in [1.54, 1.807) is 0 Å². The van der Waals surface area contributed by atoms with Crippen molar-refractivity contribution in [2.24, 2.45) is 5.92 Å². The predicted molar refractivity (Wildman–Crippen MR) is 78.9 cm³/mol. The number of hydrogen-bond donors (Lipinski definition) is 2. The molecule has 116 valence electrons. The van der Waals surface area contributed by atoms with Crippen molar-refractivity contribution in [1.82, 2.24) is 10.2 Å². The Morgan fingerprint density at radius 3 is 2.43 bits per heavy atom. The molecule has 3 atom stereocenters. The molecule has 0 aromatic rings. The van der Waals surface area contributed by atoms with Crippen LogP contribution in [0.25, 0.3) is 0 Å². The molecule has 2 N–H and O–H groups in total. The van der Waals surface area contributed by atoms with Gasteiger partial charge in [-0.15, -0.1) is 0 Å². The van der Waals surface area contributed by atoms with Gasteiger partial charge in [0.1, 0.15) is 0 Å². The van der Waals surface area contributed by atoms with Crippen LogP contribution in [0.4, 0.5) is 4.79 Å². The Kier molecular flexibility index (Phi) is 4.17. The molecule has 2 amide bonds. The van der Waals surface area contributed by atoms with Crippen LogP contribution < -0.4 is 5.32 Å². The van der Waals surface area contributed by atoms with Gasteiger partial charge in [-0.2, -0.15) is 0 Å². The second kappa shape index (κ2) is 6.08. The molecule has 21 heavy (non-hydrogen) atoms. The highest BCUT2D eigenvalue weighted by Crippen LogP contribution is 2.39. The van der Waals surface area contributed by atoms with Crippen molar-refractivity contribution in [2.45, 2.75) is 69.5 Å². The Balaban J connectivity index is 1.58. The SMILES string of the molecule is O=C(O)CC1CC2CCC(C1)N2C(=O)NC1CC=CCC1. The number of carboxylic acids is 1. The molecule has 5 nitrogen and oxygen atoms in total. The van der Waals surface area contributed by atoms with Gasteiger partial charge in [-0.3, -0.25) is 4.79 Å². The van der Waals surface area contributed by atoms with Crippen molar-refractivity contribution in [3.8, 4) is 0 Å². The molecule has 2 aliphatic heterocycles. The number of nitrogens with zero attached hydrogens (tertiary/aromatic N) is 1. The first-order valence-corrected chi connectivity index (χ1v) is 8.09. The van der Waals surface area contributed by atoms with Gasteiger partial charge in [0.2, 0.25) is 0 Å². The molecule has 3 aliphatic rings. The zero-order chi connectivity index (χ0) is 14.8. The Morgan fingerprint density at radius 1 is 1.14 bits per heavy atom. The van der Waals surface area contributed by atoms with Gasteiger partial charge in [0.15, 0.2) is 0 Å². The Hall–Kier alpha value is -1.52. The Bertz CT molecular complexity index is 435. The van der Waals surface area contributed by atoms with E-state index in [0.717, 1.165) is 44.9 Å². The summed E-state index contributed by atoms with van der Waals surface area (Å²) in [6, 6.07) is 0.815. The summed E-state index contributed by atoms with van der Waals surface area (Å²) in [7, 11) is 0. The van der Waals surface area contributed by atoms with Crippen LogP contribution in [0.3, 0.4) is 0 Å². The highest BCUT2D eigenvalue weighted by molar-refractivity contribution is 5.76. The lowest BCUT2D eigenvalue weighted by molar-refractivity contribution is -0.138. The molecule has 2 heterocycles. The van der Waals surface area contributed by atoms with E-state index in [1.807, 2.05) is 4.90 Å². The Labute approximate surface area is 125 Å². The quantitative estimate of drug-likeness (QED) is 0.785. The number of carbonyl (C=O) groups is 2.